The summed E-state index contributed by atoms with van der Waals surface area (Å²) in [4.78, 5) is 31.2. The maximum Gasteiger partial charge on any atom is 0.413 e. The number of ether oxygens (including phenoxy) is 1. The SMILES string of the molecule is O=C(c1sc(N(Cc2ccccc2)C(=O)O)nc1-c1ccco1)C1CCOCC1. The second-order valence-electron chi connectivity index (χ2n) is 6.76. The second kappa shape index (κ2) is 8.59. The lowest BCUT2D eigenvalue weighted by Crippen LogP contribution is -2.28. The highest BCUT2D eigenvalue weighted by molar-refractivity contribution is 7.18. The quantitative estimate of drug-likeness (QED) is 0.590. The first kappa shape index (κ1) is 19.4. The van der Waals surface area contributed by atoms with E-state index >= 15 is 0 Å². The van der Waals surface area contributed by atoms with Crippen LogP contribution >= 0.6 is 11.3 Å². The van der Waals surface area contributed by atoms with E-state index in [0.717, 1.165) is 21.8 Å². The van der Waals surface area contributed by atoms with Crippen LogP contribution in [0.25, 0.3) is 11.5 Å². The predicted octanol–water partition coefficient (Wildman–Crippen LogP) is 4.70. The zero-order chi connectivity index (χ0) is 20.2. The summed E-state index contributed by atoms with van der Waals surface area (Å²) in [6.07, 6.45) is 1.68. The first-order chi connectivity index (χ1) is 14.1. The third-order valence-electron chi connectivity index (χ3n) is 4.83. The molecule has 0 spiro atoms. The van der Waals surface area contributed by atoms with E-state index in [1.165, 1.54) is 6.26 Å². The molecule has 0 radical (unpaired) electrons. The molecule has 0 unspecified atom stereocenters. The standard InChI is InChI=1S/C21H20N2O5S/c24-18(15-8-11-27-12-9-15)19-17(16-7-4-10-28-16)22-20(29-19)23(21(25)26)13-14-5-2-1-3-6-14/h1-7,10,15H,8-9,11-13H2,(H,25,26). The van der Waals surface area contributed by atoms with Crippen molar-refractivity contribution in [2.24, 2.45) is 5.92 Å². The lowest BCUT2D eigenvalue weighted by Gasteiger charge is -2.20. The molecule has 1 amide bonds. The van der Waals surface area contributed by atoms with Gasteiger partial charge in [0.05, 0.1) is 12.8 Å². The van der Waals surface area contributed by atoms with E-state index in [2.05, 4.69) is 4.98 Å². The van der Waals surface area contributed by atoms with Crippen LogP contribution in [0.3, 0.4) is 0 Å². The van der Waals surface area contributed by atoms with Gasteiger partial charge in [-0.25, -0.2) is 14.7 Å². The smallest absolute Gasteiger partial charge is 0.413 e. The molecule has 2 aromatic heterocycles. The molecule has 1 aliphatic rings. The number of nitrogens with zero attached hydrogens (tertiary/aromatic N) is 2. The summed E-state index contributed by atoms with van der Waals surface area (Å²) in [7, 11) is 0. The number of carboxylic acid groups (broad SMARTS) is 1. The molecular formula is C21H20N2O5S. The fraction of sp³-hybridized carbons (Fsp3) is 0.286. The number of benzene rings is 1. The fourth-order valence-corrected chi connectivity index (χ4v) is 4.38. The van der Waals surface area contributed by atoms with Gasteiger partial charge < -0.3 is 14.3 Å². The van der Waals surface area contributed by atoms with E-state index in [1.807, 2.05) is 30.3 Å². The Kier molecular flexibility index (Phi) is 5.73. The van der Waals surface area contributed by atoms with Crippen LogP contribution in [0, 0.1) is 5.92 Å². The first-order valence-electron chi connectivity index (χ1n) is 9.34. The molecule has 0 aliphatic carbocycles. The van der Waals surface area contributed by atoms with Crippen LogP contribution in [0.2, 0.25) is 0 Å². The van der Waals surface area contributed by atoms with Gasteiger partial charge in [0.1, 0.15) is 10.6 Å². The van der Waals surface area contributed by atoms with Crippen molar-refractivity contribution in [2.45, 2.75) is 19.4 Å². The van der Waals surface area contributed by atoms with Gasteiger partial charge in [-0.2, -0.15) is 0 Å². The number of anilines is 1. The van der Waals surface area contributed by atoms with Crippen LogP contribution in [0.4, 0.5) is 9.93 Å². The van der Waals surface area contributed by atoms with Crippen molar-refractivity contribution in [2.75, 3.05) is 18.1 Å². The highest BCUT2D eigenvalue weighted by Crippen LogP contribution is 2.37. The number of aromatic nitrogens is 1. The Morgan fingerprint density at radius 2 is 1.90 bits per heavy atom. The highest BCUT2D eigenvalue weighted by Gasteiger charge is 2.31. The van der Waals surface area contributed by atoms with Crippen molar-refractivity contribution >= 4 is 28.3 Å². The van der Waals surface area contributed by atoms with Gasteiger partial charge >= 0.3 is 6.09 Å². The Morgan fingerprint density at radius 3 is 2.55 bits per heavy atom. The molecule has 29 heavy (non-hydrogen) atoms. The number of carbonyl (C=O) groups is 2. The number of rotatable bonds is 6. The molecule has 150 valence electrons. The molecule has 1 saturated heterocycles. The van der Waals surface area contributed by atoms with Gasteiger partial charge in [-0.1, -0.05) is 41.7 Å². The minimum atomic E-state index is -1.13. The van der Waals surface area contributed by atoms with Gasteiger partial charge in [0, 0.05) is 19.1 Å². The monoisotopic (exact) mass is 412 g/mol. The van der Waals surface area contributed by atoms with Gasteiger partial charge in [0.15, 0.2) is 16.7 Å². The summed E-state index contributed by atoms with van der Waals surface area (Å²) in [5, 5.41) is 10.0. The van der Waals surface area contributed by atoms with E-state index in [-0.39, 0.29) is 23.4 Å². The van der Waals surface area contributed by atoms with Crippen LogP contribution in [0.5, 0.6) is 0 Å². The fourth-order valence-electron chi connectivity index (χ4n) is 3.30. The molecule has 1 N–H and O–H groups in total. The normalized spacial score (nSPS) is 14.6. The van der Waals surface area contributed by atoms with Crippen molar-refractivity contribution < 1.29 is 23.8 Å². The number of furan rings is 1. The van der Waals surface area contributed by atoms with E-state index < -0.39 is 6.09 Å². The van der Waals surface area contributed by atoms with E-state index in [9.17, 15) is 14.7 Å². The number of thiazole rings is 1. The topological polar surface area (TPSA) is 92.9 Å². The van der Waals surface area contributed by atoms with E-state index in [0.29, 0.717) is 42.4 Å². The molecule has 0 saturated carbocycles. The Balaban J connectivity index is 1.71. The average Bonchev–Trinajstić information content (AvgIpc) is 3.42. The van der Waals surface area contributed by atoms with Crippen molar-refractivity contribution in [3.63, 3.8) is 0 Å². The number of Topliss-reactive ketones (excluding diaryl/α,β-unsaturated/α-hetero) is 1. The number of ketones is 1. The summed E-state index contributed by atoms with van der Waals surface area (Å²) in [5.74, 6) is 0.264. The third-order valence-corrected chi connectivity index (χ3v) is 5.92. The van der Waals surface area contributed by atoms with Crippen molar-refractivity contribution in [1.29, 1.82) is 0 Å². The Bertz CT molecular complexity index is 978. The zero-order valence-electron chi connectivity index (χ0n) is 15.6. The van der Waals surface area contributed by atoms with Crippen molar-refractivity contribution in [3.05, 3.63) is 59.2 Å². The minimum Gasteiger partial charge on any atom is -0.465 e. The highest BCUT2D eigenvalue weighted by atomic mass is 32.1. The number of hydrogen-bond donors (Lipinski definition) is 1. The molecule has 3 heterocycles. The lowest BCUT2D eigenvalue weighted by atomic mass is 9.94. The Morgan fingerprint density at radius 1 is 1.14 bits per heavy atom. The van der Waals surface area contributed by atoms with Crippen LogP contribution in [0.15, 0.2) is 53.1 Å². The maximum atomic E-state index is 13.2. The molecule has 1 aromatic carbocycles. The summed E-state index contributed by atoms with van der Waals surface area (Å²) in [5.41, 5.74) is 1.23. The summed E-state index contributed by atoms with van der Waals surface area (Å²) in [6.45, 7) is 1.24. The molecule has 1 fully saturated rings. The second-order valence-corrected chi connectivity index (χ2v) is 7.73. The van der Waals surface area contributed by atoms with Crippen LogP contribution in [-0.4, -0.2) is 35.2 Å². The third kappa shape index (κ3) is 4.23. The molecule has 0 atom stereocenters. The lowest BCUT2D eigenvalue weighted by molar-refractivity contribution is 0.0547. The molecule has 7 nitrogen and oxygen atoms in total. The molecule has 0 bridgehead atoms. The average molecular weight is 412 g/mol. The van der Waals surface area contributed by atoms with Crippen LogP contribution in [0.1, 0.15) is 28.1 Å². The van der Waals surface area contributed by atoms with Gasteiger partial charge in [0.2, 0.25) is 0 Å². The Hall–Kier alpha value is -2.97. The maximum absolute atomic E-state index is 13.2. The van der Waals surface area contributed by atoms with Gasteiger partial charge in [-0.15, -0.1) is 0 Å². The van der Waals surface area contributed by atoms with Crippen LogP contribution < -0.4 is 4.90 Å². The predicted molar refractivity (Wildman–Crippen MR) is 108 cm³/mol. The summed E-state index contributed by atoms with van der Waals surface area (Å²) in [6, 6.07) is 12.7. The number of hydrogen-bond acceptors (Lipinski definition) is 6. The minimum absolute atomic E-state index is 0.0338. The van der Waals surface area contributed by atoms with Gasteiger partial charge in [0.25, 0.3) is 0 Å². The first-order valence-corrected chi connectivity index (χ1v) is 10.2. The molecular weight excluding hydrogens is 392 g/mol. The zero-order valence-corrected chi connectivity index (χ0v) is 16.4. The Labute approximate surface area is 171 Å². The number of amides is 1. The van der Waals surface area contributed by atoms with Crippen molar-refractivity contribution in [3.8, 4) is 11.5 Å². The molecule has 8 heteroatoms. The van der Waals surface area contributed by atoms with Gasteiger partial charge in [-0.3, -0.25) is 4.79 Å². The molecule has 4 rings (SSSR count). The molecule has 3 aromatic rings. The van der Waals surface area contributed by atoms with E-state index in [4.69, 9.17) is 9.15 Å². The summed E-state index contributed by atoms with van der Waals surface area (Å²) >= 11 is 1.10. The largest absolute Gasteiger partial charge is 0.465 e. The van der Waals surface area contributed by atoms with Crippen molar-refractivity contribution in [1.82, 2.24) is 4.98 Å². The molecule has 1 aliphatic heterocycles. The number of carbonyl (C=O) groups excluding carboxylic acids is 1. The van der Waals surface area contributed by atoms with E-state index in [1.54, 1.807) is 12.1 Å². The van der Waals surface area contributed by atoms with Gasteiger partial charge in [-0.05, 0) is 30.5 Å². The van der Waals surface area contributed by atoms with Crippen LogP contribution in [-0.2, 0) is 11.3 Å². The summed E-state index contributed by atoms with van der Waals surface area (Å²) < 4.78 is 10.8.